The molecule has 0 amide bonds. The summed E-state index contributed by atoms with van der Waals surface area (Å²) in [5, 5.41) is 0. The third-order valence-electron chi connectivity index (χ3n) is 11.3. The van der Waals surface area contributed by atoms with Gasteiger partial charge in [-0.3, -0.25) is 0 Å². The van der Waals surface area contributed by atoms with E-state index in [2.05, 4.69) is 91.2 Å². The molecule has 2 heterocycles. The van der Waals surface area contributed by atoms with Gasteiger partial charge in [0.15, 0.2) is 6.20 Å². The molecule has 0 aliphatic heterocycles. The summed E-state index contributed by atoms with van der Waals surface area (Å²) in [6, 6.07) is 19.8. The number of ether oxygens (including phenoxy) is 1. The van der Waals surface area contributed by atoms with Gasteiger partial charge in [0.2, 0.25) is 11.2 Å². The molecule has 0 saturated carbocycles. The highest BCUT2D eigenvalue weighted by Gasteiger charge is 2.12. The zero-order valence-corrected chi connectivity index (χ0v) is 34.9. The van der Waals surface area contributed by atoms with Crippen molar-refractivity contribution in [1.29, 1.82) is 0 Å². The summed E-state index contributed by atoms with van der Waals surface area (Å²) in [5.41, 5.74) is 5.21. The lowest BCUT2D eigenvalue weighted by Gasteiger charge is -2.07. The molecular weight excluding hydrogens is 643 g/mol. The molecule has 2 aromatic heterocycles. The smallest absolute Gasteiger partial charge is 0.214 e. The number of fused-ring (bicyclic) bond motifs is 1. The van der Waals surface area contributed by atoms with Crippen LogP contribution >= 0.6 is 0 Å². The average molecular weight is 725 g/mol. The Labute approximate surface area is 328 Å². The fourth-order valence-electron chi connectivity index (χ4n) is 7.84. The Balaban J connectivity index is 1.19. The highest BCUT2D eigenvalue weighted by Crippen LogP contribution is 2.19. The number of aromatic nitrogens is 1. The van der Waals surface area contributed by atoms with Crippen molar-refractivity contribution < 1.29 is 9.14 Å². The molecule has 0 unspecified atom stereocenters. The number of benzene rings is 1. The summed E-state index contributed by atoms with van der Waals surface area (Å²) in [6.07, 6.45) is 50.0. The van der Waals surface area contributed by atoms with Crippen molar-refractivity contribution in [3.63, 3.8) is 0 Å². The first-order valence-corrected chi connectivity index (χ1v) is 23.1. The van der Waals surface area contributed by atoms with E-state index in [-0.39, 0.29) is 0 Å². The van der Waals surface area contributed by atoms with Crippen LogP contribution in [0.5, 0.6) is 5.75 Å². The van der Waals surface area contributed by atoms with Gasteiger partial charge in [-0.05, 0) is 55.2 Å². The van der Waals surface area contributed by atoms with Crippen LogP contribution in [-0.4, -0.2) is 6.61 Å². The number of hydrogen-bond acceptors (Lipinski definition) is 1. The van der Waals surface area contributed by atoms with Crippen LogP contribution in [0.2, 0.25) is 0 Å². The van der Waals surface area contributed by atoms with Crippen molar-refractivity contribution in [2.75, 3.05) is 6.61 Å². The van der Waals surface area contributed by atoms with E-state index >= 15 is 0 Å². The molecule has 0 aliphatic carbocycles. The number of hydrogen-bond donors (Lipinski definition) is 0. The SMILES string of the molecule is CCCCCCCCCCCCCCCCCCCCCCOc1ccc(/C=C/c2ccc(CCCCCCCCCCCC)c3cccc[n+]23)cc1. The summed E-state index contributed by atoms with van der Waals surface area (Å²) in [5.74, 6) is 0.983. The Kier molecular flexibility index (Phi) is 26.8. The minimum absolute atomic E-state index is 0.822. The Morgan fingerprint density at radius 3 is 1.38 bits per heavy atom. The first-order chi connectivity index (χ1) is 26.3. The minimum atomic E-state index is 0.822. The van der Waals surface area contributed by atoms with Crippen LogP contribution < -0.4 is 9.14 Å². The lowest BCUT2D eigenvalue weighted by atomic mass is 10.0. The van der Waals surface area contributed by atoms with E-state index in [1.807, 2.05) is 0 Å². The number of rotatable bonds is 35. The molecule has 53 heavy (non-hydrogen) atoms. The molecule has 0 spiro atoms. The number of nitrogens with zero attached hydrogens (tertiary/aromatic N) is 1. The standard InChI is InChI=1S/C51H82NO/c1-3-5-7-9-11-13-15-16-17-18-19-20-21-22-23-24-26-28-30-34-46-53-50-43-38-47(39-44-50)37-41-49-42-40-48(51-36-32-33-45-52(49)51)35-31-29-27-25-14-12-10-8-6-4-2/h32-33,36-45H,3-31,34-35,46H2,1-2H3/q+1/b41-37+. The molecule has 0 aliphatic rings. The largest absolute Gasteiger partial charge is 0.494 e. The topological polar surface area (TPSA) is 13.3 Å². The van der Waals surface area contributed by atoms with Gasteiger partial charge in [-0.2, -0.15) is 4.40 Å². The number of aryl methyl sites for hydroxylation is 1. The van der Waals surface area contributed by atoms with Crippen molar-refractivity contribution in [2.24, 2.45) is 0 Å². The van der Waals surface area contributed by atoms with Gasteiger partial charge >= 0.3 is 0 Å². The van der Waals surface area contributed by atoms with E-state index in [9.17, 15) is 0 Å². The Morgan fingerprint density at radius 1 is 0.434 bits per heavy atom. The second-order valence-corrected chi connectivity index (χ2v) is 16.1. The van der Waals surface area contributed by atoms with Gasteiger partial charge in [0.05, 0.1) is 6.61 Å². The second-order valence-electron chi connectivity index (χ2n) is 16.1. The predicted molar refractivity (Wildman–Crippen MR) is 234 cm³/mol. The fraction of sp³-hybridized carbons (Fsp3) is 0.667. The normalized spacial score (nSPS) is 11.7. The maximum absolute atomic E-state index is 6.08. The zero-order valence-electron chi connectivity index (χ0n) is 34.9. The third kappa shape index (κ3) is 21.8. The summed E-state index contributed by atoms with van der Waals surface area (Å²) in [4.78, 5) is 0. The van der Waals surface area contributed by atoms with Crippen molar-refractivity contribution in [2.45, 2.75) is 213 Å². The van der Waals surface area contributed by atoms with Crippen molar-refractivity contribution in [3.05, 3.63) is 77.6 Å². The van der Waals surface area contributed by atoms with E-state index in [0.29, 0.717) is 0 Å². The number of pyridine rings is 2. The maximum atomic E-state index is 6.08. The highest BCUT2D eigenvalue weighted by molar-refractivity contribution is 5.68. The van der Waals surface area contributed by atoms with E-state index in [0.717, 1.165) is 25.2 Å². The molecule has 3 rings (SSSR count). The molecule has 0 saturated heterocycles. The van der Waals surface area contributed by atoms with Crippen LogP contribution in [0, 0.1) is 0 Å². The molecule has 3 aromatic rings. The minimum Gasteiger partial charge on any atom is -0.494 e. The Morgan fingerprint density at radius 2 is 0.887 bits per heavy atom. The van der Waals surface area contributed by atoms with Crippen LogP contribution in [0.15, 0.2) is 60.8 Å². The third-order valence-corrected chi connectivity index (χ3v) is 11.3. The van der Waals surface area contributed by atoms with Gasteiger partial charge in [-0.1, -0.05) is 206 Å². The quantitative estimate of drug-likeness (QED) is 0.0435. The molecule has 0 atom stereocenters. The molecule has 2 heteroatoms. The number of unbranched alkanes of at least 4 members (excludes halogenated alkanes) is 28. The highest BCUT2D eigenvalue weighted by atomic mass is 16.5. The predicted octanol–water partition coefficient (Wildman–Crippen LogP) is 16.3. The molecular formula is C51H82NO+. The molecule has 1 aromatic carbocycles. The lowest BCUT2D eigenvalue weighted by Crippen LogP contribution is -2.26. The van der Waals surface area contributed by atoms with Crippen LogP contribution in [0.4, 0.5) is 0 Å². The second kappa shape index (κ2) is 31.7. The van der Waals surface area contributed by atoms with Gasteiger partial charge in [-0.25, -0.2) is 0 Å². The van der Waals surface area contributed by atoms with E-state index in [4.69, 9.17) is 4.74 Å². The van der Waals surface area contributed by atoms with Crippen molar-refractivity contribution in [3.8, 4) is 5.75 Å². The maximum Gasteiger partial charge on any atom is 0.214 e. The van der Waals surface area contributed by atoms with E-state index in [1.165, 1.54) is 209 Å². The molecule has 0 bridgehead atoms. The van der Waals surface area contributed by atoms with Crippen molar-refractivity contribution >= 4 is 17.7 Å². The summed E-state index contributed by atoms with van der Waals surface area (Å²) >= 11 is 0. The van der Waals surface area contributed by atoms with Gasteiger partial charge in [0, 0.05) is 29.8 Å². The molecule has 296 valence electrons. The fourth-order valence-corrected chi connectivity index (χ4v) is 7.84. The summed E-state index contributed by atoms with van der Waals surface area (Å²) in [6.45, 7) is 5.42. The summed E-state index contributed by atoms with van der Waals surface area (Å²) < 4.78 is 8.43. The van der Waals surface area contributed by atoms with Gasteiger partial charge < -0.3 is 4.74 Å². The lowest BCUT2D eigenvalue weighted by molar-refractivity contribution is -0.514. The zero-order chi connectivity index (χ0) is 37.3. The monoisotopic (exact) mass is 725 g/mol. The van der Waals surface area contributed by atoms with Crippen LogP contribution in [0.1, 0.15) is 223 Å². The van der Waals surface area contributed by atoms with Crippen LogP contribution in [0.3, 0.4) is 0 Å². The van der Waals surface area contributed by atoms with Gasteiger partial charge in [-0.15, -0.1) is 0 Å². The molecule has 0 N–H and O–H groups in total. The first kappa shape index (κ1) is 44.8. The molecule has 2 nitrogen and oxygen atoms in total. The molecule has 0 radical (unpaired) electrons. The Hall–Kier alpha value is -2.61. The Bertz CT molecular complexity index is 1290. The van der Waals surface area contributed by atoms with E-state index in [1.54, 1.807) is 0 Å². The van der Waals surface area contributed by atoms with Gasteiger partial charge in [0.25, 0.3) is 0 Å². The van der Waals surface area contributed by atoms with Gasteiger partial charge in [0.1, 0.15) is 5.75 Å². The van der Waals surface area contributed by atoms with Crippen molar-refractivity contribution in [1.82, 2.24) is 0 Å². The molecule has 0 fully saturated rings. The summed E-state index contributed by atoms with van der Waals surface area (Å²) in [7, 11) is 0. The average Bonchev–Trinajstić information content (AvgIpc) is 3.19. The van der Waals surface area contributed by atoms with E-state index < -0.39 is 0 Å². The van der Waals surface area contributed by atoms with Crippen LogP contribution in [-0.2, 0) is 6.42 Å². The van der Waals surface area contributed by atoms with Crippen LogP contribution in [0.25, 0.3) is 17.7 Å². The first-order valence-electron chi connectivity index (χ1n) is 23.1.